The van der Waals surface area contributed by atoms with Crippen molar-refractivity contribution < 1.29 is 5.11 Å². The van der Waals surface area contributed by atoms with Crippen molar-refractivity contribution in [3.63, 3.8) is 0 Å². The Morgan fingerprint density at radius 3 is 2.62 bits per heavy atom. The number of nitrogens with zero attached hydrogens (tertiary/aromatic N) is 3. The van der Waals surface area contributed by atoms with Crippen LogP contribution < -0.4 is 0 Å². The molecule has 0 unspecified atom stereocenters. The topological polar surface area (TPSA) is 41.3 Å². The number of likely N-dealkylation sites (tertiary alicyclic amines) is 1. The Balaban J connectivity index is 1.87. The fraction of sp³-hybridized carbons (Fsp3) is 0.438. The van der Waals surface area contributed by atoms with Crippen molar-refractivity contribution in [1.29, 1.82) is 0 Å². The van der Waals surface area contributed by atoms with Gasteiger partial charge in [0.05, 0.1) is 17.5 Å². The molecule has 1 aromatic carbocycles. The first-order chi connectivity index (χ1) is 10.0. The van der Waals surface area contributed by atoms with Crippen LogP contribution in [0.25, 0.3) is 5.69 Å². The summed E-state index contributed by atoms with van der Waals surface area (Å²) in [7, 11) is 0. The summed E-state index contributed by atoms with van der Waals surface area (Å²) >= 11 is 5.94. The van der Waals surface area contributed by atoms with Gasteiger partial charge < -0.3 is 5.11 Å². The molecule has 1 aliphatic rings. The van der Waals surface area contributed by atoms with Gasteiger partial charge in [0, 0.05) is 35.9 Å². The van der Waals surface area contributed by atoms with E-state index in [2.05, 4.69) is 16.9 Å². The third-order valence-corrected chi connectivity index (χ3v) is 4.39. The predicted molar refractivity (Wildman–Crippen MR) is 83.9 cm³/mol. The van der Waals surface area contributed by atoms with Crippen molar-refractivity contribution in [1.82, 2.24) is 14.7 Å². The lowest BCUT2D eigenvalue weighted by Gasteiger charge is -2.15. The van der Waals surface area contributed by atoms with E-state index in [-0.39, 0.29) is 6.10 Å². The van der Waals surface area contributed by atoms with Crippen molar-refractivity contribution in [2.24, 2.45) is 0 Å². The van der Waals surface area contributed by atoms with Crippen LogP contribution >= 0.6 is 11.6 Å². The van der Waals surface area contributed by atoms with Crippen molar-refractivity contribution >= 4 is 11.6 Å². The summed E-state index contributed by atoms with van der Waals surface area (Å²) in [5.74, 6) is 0. The molecule has 5 heteroatoms. The Morgan fingerprint density at radius 2 is 2.00 bits per heavy atom. The van der Waals surface area contributed by atoms with Gasteiger partial charge in [0.15, 0.2) is 0 Å². The van der Waals surface area contributed by atoms with Gasteiger partial charge in [-0.25, -0.2) is 4.68 Å². The van der Waals surface area contributed by atoms with Crippen molar-refractivity contribution in [2.75, 3.05) is 13.1 Å². The summed E-state index contributed by atoms with van der Waals surface area (Å²) in [6.07, 6.45) is 0.681. The molecule has 2 heterocycles. The largest absolute Gasteiger partial charge is 0.392 e. The van der Waals surface area contributed by atoms with E-state index in [9.17, 15) is 5.11 Å². The summed E-state index contributed by atoms with van der Waals surface area (Å²) in [5.41, 5.74) is 4.46. The van der Waals surface area contributed by atoms with E-state index < -0.39 is 0 Å². The molecule has 3 rings (SSSR count). The van der Waals surface area contributed by atoms with Crippen LogP contribution in [0.2, 0.25) is 5.02 Å². The van der Waals surface area contributed by atoms with E-state index in [1.165, 1.54) is 5.56 Å². The first-order valence-electron chi connectivity index (χ1n) is 7.26. The number of benzene rings is 1. The van der Waals surface area contributed by atoms with Crippen LogP contribution in [0.5, 0.6) is 0 Å². The fourth-order valence-corrected chi connectivity index (χ4v) is 3.04. The summed E-state index contributed by atoms with van der Waals surface area (Å²) in [6, 6.07) is 7.71. The minimum absolute atomic E-state index is 0.183. The van der Waals surface area contributed by atoms with Gasteiger partial charge in [-0.15, -0.1) is 0 Å². The second kappa shape index (κ2) is 5.79. The van der Waals surface area contributed by atoms with Gasteiger partial charge in [0.2, 0.25) is 0 Å². The first-order valence-corrected chi connectivity index (χ1v) is 7.64. The first kappa shape index (κ1) is 14.6. The molecule has 1 aromatic heterocycles. The zero-order chi connectivity index (χ0) is 15.0. The maximum atomic E-state index is 9.65. The number of aliphatic hydroxyl groups is 1. The number of aromatic nitrogens is 2. The molecule has 1 fully saturated rings. The smallest absolute Gasteiger partial charge is 0.0679 e. The molecule has 0 aliphatic carbocycles. The number of halogens is 1. The summed E-state index contributed by atoms with van der Waals surface area (Å²) in [5, 5.41) is 15.0. The molecule has 112 valence electrons. The third kappa shape index (κ3) is 2.98. The van der Waals surface area contributed by atoms with E-state index >= 15 is 0 Å². The second-order valence-corrected chi connectivity index (χ2v) is 6.15. The zero-order valence-electron chi connectivity index (χ0n) is 12.4. The Hall–Kier alpha value is -1.36. The van der Waals surface area contributed by atoms with Gasteiger partial charge in [0.25, 0.3) is 0 Å². The van der Waals surface area contributed by atoms with Gasteiger partial charge in [-0.2, -0.15) is 5.10 Å². The normalized spacial score (nSPS) is 19.3. The van der Waals surface area contributed by atoms with Crippen LogP contribution in [0.15, 0.2) is 24.3 Å². The lowest BCUT2D eigenvalue weighted by atomic mass is 10.2. The molecule has 2 aromatic rings. The van der Waals surface area contributed by atoms with E-state index in [1.807, 2.05) is 35.9 Å². The maximum Gasteiger partial charge on any atom is 0.0679 e. The monoisotopic (exact) mass is 305 g/mol. The van der Waals surface area contributed by atoms with E-state index in [0.29, 0.717) is 0 Å². The van der Waals surface area contributed by atoms with Gasteiger partial charge in [0.1, 0.15) is 0 Å². The highest BCUT2D eigenvalue weighted by atomic mass is 35.5. The highest BCUT2D eigenvalue weighted by molar-refractivity contribution is 6.30. The maximum absolute atomic E-state index is 9.65. The number of aliphatic hydroxyl groups excluding tert-OH is 1. The van der Waals surface area contributed by atoms with Crippen molar-refractivity contribution in [2.45, 2.75) is 32.9 Å². The van der Waals surface area contributed by atoms with Crippen LogP contribution in [0.4, 0.5) is 0 Å². The van der Waals surface area contributed by atoms with Gasteiger partial charge in [-0.3, -0.25) is 4.90 Å². The van der Waals surface area contributed by atoms with E-state index in [4.69, 9.17) is 11.6 Å². The molecule has 1 atom stereocenters. The molecule has 4 nitrogen and oxygen atoms in total. The molecule has 1 saturated heterocycles. The summed E-state index contributed by atoms with van der Waals surface area (Å²) in [4.78, 5) is 2.29. The molecule has 0 spiro atoms. The molecule has 0 amide bonds. The standard InChI is InChI=1S/C16H20ClN3O/c1-11-16(10-19-8-7-15(21)9-19)12(2)20(18-11)14-5-3-13(17)4-6-14/h3-6,15,21H,7-10H2,1-2H3/t15-/m1/s1. The second-order valence-electron chi connectivity index (χ2n) is 5.72. The van der Waals surface area contributed by atoms with Gasteiger partial charge in [-0.1, -0.05) is 11.6 Å². The fourth-order valence-electron chi connectivity index (χ4n) is 2.92. The van der Waals surface area contributed by atoms with Crippen molar-refractivity contribution in [3.8, 4) is 5.69 Å². The quantitative estimate of drug-likeness (QED) is 0.948. The number of hydrogen-bond donors (Lipinski definition) is 1. The molecule has 1 N–H and O–H groups in total. The number of hydrogen-bond acceptors (Lipinski definition) is 3. The van der Waals surface area contributed by atoms with Gasteiger partial charge in [-0.05, 0) is 44.5 Å². The van der Waals surface area contributed by atoms with Crippen LogP contribution in [-0.4, -0.2) is 39.0 Å². The van der Waals surface area contributed by atoms with E-state index in [0.717, 1.165) is 48.2 Å². The molecular formula is C16H20ClN3O. The van der Waals surface area contributed by atoms with Crippen LogP contribution in [0.1, 0.15) is 23.4 Å². The number of β-amino-alcohol motifs (C(OH)–C–C–N with tert-alkyl or cyclic N) is 1. The lowest BCUT2D eigenvalue weighted by molar-refractivity contribution is 0.174. The Bertz CT molecular complexity index is 636. The van der Waals surface area contributed by atoms with Crippen LogP contribution in [-0.2, 0) is 6.54 Å². The molecular weight excluding hydrogens is 286 g/mol. The average Bonchev–Trinajstić information content (AvgIpc) is 2.98. The van der Waals surface area contributed by atoms with Gasteiger partial charge >= 0.3 is 0 Å². The summed E-state index contributed by atoms with van der Waals surface area (Å²) in [6.45, 7) is 6.69. The SMILES string of the molecule is Cc1nn(-c2ccc(Cl)cc2)c(C)c1CN1CC[C@@H](O)C1. The molecule has 21 heavy (non-hydrogen) atoms. The Kier molecular flexibility index (Phi) is 4.02. The van der Waals surface area contributed by atoms with Crippen LogP contribution in [0, 0.1) is 13.8 Å². The molecule has 0 radical (unpaired) electrons. The minimum atomic E-state index is -0.183. The number of rotatable bonds is 3. The third-order valence-electron chi connectivity index (χ3n) is 4.14. The lowest BCUT2D eigenvalue weighted by Crippen LogP contribution is -2.22. The Labute approximate surface area is 130 Å². The minimum Gasteiger partial charge on any atom is -0.392 e. The van der Waals surface area contributed by atoms with Crippen LogP contribution in [0.3, 0.4) is 0 Å². The van der Waals surface area contributed by atoms with E-state index in [1.54, 1.807) is 0 Å². The zero-order valence-corrected chi connectivity index (χ0v) is 13.1. The van der Waals surface area contributed by atoms with Crippen molar-refractivity contribution in [3.05, 3.63) is 46.2 Å². The molecule has 0 bridgehead atoms. The summed E-state index contributed by atoms with van der Waals surface area (Å²) < 4.78 is 1.97. The molecule has 0 saturated carbocycles. The average molecular weight is 306 g/mol. The number of aryl methyl sites for hydroxylation is 1. The highest BCUT2D eigenvalue weighted by Gasteiger charge is 2.23. The molecule has 1 aliphatic heterocycles. The Morgan fingerprint density at radius 1 is 1.29 bits per heavy atom. The highest BCUT2D eigenvalue weighted by Crippen LogP contribution is 2.22. The predicted octanol–water partition coefficient (Wildman–Crippen LogP) is 2.71.